The fraction of sp³-hybridized carbons (Fsp3) is 0.250. The molecule has 5 nitrogen and oxygen atoms in total. The number of aromatic nitrogens is 3. The maximum atomic E-state index is 14.3. The highest BCUT2D eigenvalue weighted by Gasteiger charge is 2.18. The number of fused-ring (bicyclic) bond motifs is 1. The number of nitrogens with one attached hydrogen (secondary N) is 1. The number of nitrogens with zero attached hydrogens (tertiary/aromatic N) is 3. The highest BCUT2D eigenvalue weighted by molar-refractivity contribution is 9.10. The summed E-state index contributed by atoms with van der Waals surface area (Å²) in [5.74, 6) is -0.165. The van der Waals surface area contributed by atoms with Gasteiger partial charge in [-0.05, 0) is 65.2 Å². The molecule has 0 unspecified atom stereocenters. The Bertz CT molecular complexity index is 1050. The molecule has 0 saturated carbocycles. The van der Waals surface area contributed by atoms with Crippen LogP contribution in [0.4, 0.5) is 14.5 Å². The van der Waals surface area contributed by atoms with Crippen LogP contribution in [-0.2, 0) is 13.0 Å². The summed E-state index contributed by atoms with van der Waals surface area (Å²) >= 11 is 3.21. The van der Waals surface area contributed by atoms with Crippen LogP contribution >= 0.6 is 15.9 Å². The Hall–Kier alpha value is -2.61. The number of amides is 1. The van der Waals surface area contributed by atoms with Gasteiger partial charge in [-0.2, -0.15) is 0 Å². The van der Waals surface area contributed by atoms with Crippen molar-refractivity contribution in [3.8, 4) is 11.4 Å². The van der Waals surface area contributed by atoms with E-state index in [9.17, 15) is 13.6 Å². The molecule has 2 heterocycles. The lowest BCUT2D eigenvalue weighted by Gasteiger charge is -2.11. The summed E-state index contributed by atoms with van der Waals surface area (Å²) in [7, 11) is 0. The molecule has 0 bridgehead atoms. The van der Waals surface area contributed by atoms with Gasteiger partial charge < -0.3 is 9.88 Å². The molecule has 0 spiro atoms. The summed E-state index contributed by atoms with van der Waals surface area (Å²) < 4.78 is 30.3. The predicted molar refractivity (Wildman–Crippen MR) is 105 cm³/mol. The molecule has 1 amide bonds. The largest absolute Gasteiger partial charge is 0.319 e. The van der Waals surface area contributed by atoms with Gasteiger partial charge in [0.1, 0.15) is 17.5 Å². The normalized spacial score (nSPS) is 13.7. The molecule has 0 saturated heterocycles. The minimum atomic E-state index is -0.609. The van der Waals surface area contributed by atoms with Crippen LogP contribution < -0.4 is 5.32 Å². The average molecular weight is 447 g/mol. The van der Waals surface area contributed by atoms with Crippen LogP contribution in [0.3, 0.4) is 0 Å². The predicted octanol–water partition coefficient (Wildman–Crippen LogP) is 4.96. The van der Waals surface area contributed by atoms with Crippen molar-refractivity contribution in [1.82, 2.24) is 14.8 Å². The van der Waals surface area contributed by atoms with E-state index in [1.807, 2.05) is 0 Å². The number of carbonyl (C=O) groups excluding carboxylic acids is 1. The van der Waals surface area contributed by atoms with Gasteiger partial charge >= 0.3 is 0 Å². The molecular weight excluding hydrogens is 430 g/mol. The number of carbonyl (C=O) groups is 1. The Morgan fingerprint density at radius 1 is 1.07 bits per heavy atom. The van der Waals surface area contributed by atoms with Crippen LogP contribution in [0, 0.1) is 11.6 Å². The Morgan fingerprint density at radius 3 is 2.79 bits per heavy atom. The fourth-order valence-electron chi connectivity index (χ4n) is 3.32. The topological polar surface area (TPSA) is 59.8 Å². The Balaban J connectivity index is 1.66. The lowest BCUT2D eigenvalue weighted by Crippen LogP contribution is -2.14. The summed E-state index contributed by atoms with van der Waals surface area (Å²) in [6.07, 6.45) is 4.11. The van der Waals surface area contributed by atoms with Gasteiger partial charge in [0.05, 0.1) is 11.3 Å². The van der Waals surface area contributed by atoms with Gasteiger partial charge in [0.2, 0.25) is 0 Å². The molecule has 1 aliphatic heterocycles. The SMILES string of the molecule is O=C(Nc1cc(-c2nnc3n2CCCCC3)ccc1F)c1cc(F)ccc1Br. The number of anilines is 1. The molecule has 0 radical (unpaired) electrons. The van der Waals surface area contributed by atoms with Crippen LogP contribution in [0.25, 0.3) is 11.4 Å². The zero-order chi connectivity index (χ0) is 19.7. The van der Waals surface area contributed by atoms with Gasteiger partial charge in [-0.3, -0.25) is 4.79 Å². The highest BCUT2D eigenvalue weighted by Crippen LogP contribution is 2.27. The third kappa shape index (κ3) is 3.69. The van der Waals surface area contributed by atoms with Crippen molar-refractivity contribution in [1.29, 1.82) is 0 Å². The Morgan fingerprint density at radius 2 is 1.93 bits per heavy atom. The van der Waals surface area contributed by atoms with Crippen molar-refractivity contribution in [3.05, 3.63) is 63.9 Å². The Kier molecular flexibility index (Phi) is 5.21. The zero-order valence-electron chi connectivity index (χ0n) is 14.9. The molecule has 0 aliphatic carbocycles. The number of halogens is 3. The molecule has 28 heavy (non-hydrogen) atoms. The number of aryl methyl sites for hydroxylation is 1. The van der Waals surface area contributed by atoms with Gasteiger partial charge in [-0.25, -0.2) is 8.78 Å². The minimum Gasteiger partial charge on any atom is -0.319 e. The van der Waals surface area contributed by atoms with E-state index in [2.05, 4.69) is 36.0 Å². The second kappa shape index (κ2) is 7.79. The van der Waals surface area contributed by atoms with Crippen molar-refractivity contribution in [2.75, 3.05) is 5.32 Å². The number of hydrogen-bond acceptors (Lipinski definition) is 3. The van der Waals surface area contributed by atoms with Crippen LogP contribution in [0.2, 0.25) is 0 Å². The van der Waals surface area contributed by atoms with Crippen molar-refractivity contribution in [2.24, 2.45) is 0 Å². The highest BCUT2D eigenvalue weighted by atomic mass is 79.9. The van der Waals surface area contributed by atoms with Crippen LogP contribution in [0.15, 0.2) is 40.9 Å². The smallest absolute Gasteiger partial charge is 0.256 e. The van der Waals surface area contributed by atoms with E-state index in [0.29, 0.717) is 15.9 Å². The molecular formula is C20H17BrF2N4O. The molecule has 1 aliphatic rings. The van der Waals surface area contributed by atoms with Crippen molar-refractivity contribution in [3.63, 3.8) is 0 Å². The van der Waals surface area contributed by atoms with Crippen molar-refractivity contribution >= 4 is 27.5 Å². The van der Waals surface area contributed by atoms with Gasteiger partial charge in [0.25, 0.3) is 5.91 Å². The number of benzene rings is 2. The molecule has 1 N–H and O–H groups in total. The van der Waals surface area contributed by atoms with Crippen molar-refractivity contribution in [2.45, 2.75) is 32.2 Å². The third-order valence-corrected chi connectivity index (χ3v) is 5.45. The fourth-order valence-corrected chi connectivity index (χ4v) is 3.75. The molecule has 3 aromatic rings. The van der Waals surface area contributed by atoms with E-state index in [0.717, 1.165) is 44.1 Å². The molecule has 0 fully saturated rings. The summed E-state index contributed by atoms with van der Waals surface area (Å²) in [6, 6.07) is 8.19. The van der Waals surface area contributed by atoms with Crippen LogP contribution in [0.5, 0.6) is 0 Å². The molecule has 1 aromatic heterocycles. The monoisotopic (exact) mass is 446 g/mol. The molecule has 8 heteroatoms. The van der Waals surface area contributed by atoms with E-state index < -0.39 is 17.5 Å². The first-order chi connectivity index (χ1) is 13.5. The first kappa shape index (κ1) is 18.7. The lowest BCUT2D eigenvalue weighted by atomic mass is 10.1. The molecule has 4 rings (SSSR count). The maximum Gasteiger partial charge on any atom is 0.256 e. The molecule has 2 aromatic carbocycles. The second-order valence-corrected chi connectivity index (χ2v) is 7.53. The van der Waals surface area contributed by atoms with E-state index in [4.69, 9.17) is 0 Å². The standard InChI is InChI=1S/C20H17BrF2N4O/c21-15-7-6-13(22)11-14(15)20(28)24-17-10-12(5-8-16(17)23)19-26-25-18-4-2-1-3-9-27(18)19/h5-8,10-11H,1-4,9H2,(H,24,28). The minimum absolute atomic E-state index is 0.00429. The van der Waals surface area contributed by atoms with E-state index >= 15 is 0 Å². The second-order valence-electron chi connectivity index (χ2n) is 6.68. The maximum absolute atomic E-state index is 14.3. The molecule has 0 atom stereocenters. The summed E-state index contributed by atoms with van der Waals surface area (Å²) in [5.41, 5.74) is 0.751. The van der Waals surface area contributed by atoms with Crippen LogP contribution in [0.1, 0.15) is 35.4 Å². The van der Waals surface area contributed by atoms with E-state index in [1.165, 1.54) is 24.3 Å². The van der Waals surface area contributed by atoms with E-state index in [1.54, 1.807) is 6.07 Å². The summed E-state index contributed by atoms with van der Waals surface area (Å²) in [6.45, 7) is 0.812. The first-order valence-corrected chi connectivity index (χ1v) is 9.80. The van der Waals surface area contributed by atoms with Gasteiger partial charge in [-0.15, -0.1) is 10.2 Å². The van der Waals surface area contributed by atoms with E-state index in [-0.39, 0.29) is 11.3 Å². The lowest BCUT2D eigenvalue weighted by molar-refractivity contribution is 0.102. The average Bonchev–Trinajstić information content (AvgIpc) is 2.93. The Labute approximate surface area is 168 Å². The quantitative estimate of drug-likeness (QED) is 0.617. The summed E-state index contributed by atoms with van der Waals surface area (Å²) in [4.78, 5) is 12.5. The summed E-state index contributed by atoms with van der Waals surface area (Å²) in [5, 5.41) is 11.0. The number of hydrogen-bond donors (Lipinski definition) is 1. The van der Waals surface area contributed by atoms with Crippen LogP contribution in [-0.4, -0.2) is 20.7 Å². The van der Waals surface area contributed by atoms with Gasteiger partial charge in [-0.1, -0.05) is 6.42 Å². The third-order valence-electron chi connectivity index (χ3n) is 4.76. The molecule has 144 valence electrons. The number of rotatable bonds is 3. The first-order valence-electron chi connectivity index (χ1n) is 9.01. The van der Waals surface area contributed by atoms with Gasteiger partial charge in [0, 0.05) is 23.0 Å². The van der Waals surface area contributed by atoms with Gasteiger partial charge in [0.15, 0.2) is 5.82 Å². The zero-order valence-corrected chi connectivity index (χ0v) is 16.5. The van der Waals surface area contributed by atoms with Crippen molar-refractivity contribution < 1.29 is 13.6 Å².